The molecular weight excluding hydrogens is 172 g/mol. The molecule has 0 aromatic heterocycles. The molecule has 1 N–H and O–H groups in total. The van der Waals surface area contributed by atoms with Crippen LogP contribution in [0.2, 0.25) is 0 Å². The fourth-order valence-electron chi connectivity index (χ4n) is 0.949. The number of phenolic OH excluding ortho intramolecular Hbond substituents is 1. The third-order valence-electron chi connectivity index (χ3n) is 1.49. The minimum absolute atomic E-state index is 0.232. The van der Waals surface area contributed by atoms with E-state index >= 15 is 0 Å². The number of hydrogen-bond donors (Lipinski definition) is 1. The predicted octanol–water partition coefficient (Wildman–Crippen LogP) is 0.380. The molecule has 1 aromatic rings. The van der Waals surface area contributed by atoms with E-state index in [-0.39, 0.29) is 5.75 Å². The molecule has 12 heavy (non-hydrogen) atoms. The van der Waals surface area contributed by atoms with Gasteiger partial charge in [-0.05, 0) is 6.07 Å². The summed E-state index contributed by atoms with van der Waals surface area (Å²) in [6, 6.07) is 7.04. The molecule has 1 aromatic carbocycles. The monoisotopic (exact) mass is 183 g/mol. The fourth-order valence-corrected chi connectivity index (χ4v) is 2.08. The van der Waals surface area contributed by atoms with Crippen molar-refractivity contribution < 1.29 is 14.0 Å². The molecule has 0 aliphatic carbocycles. The Morgan fingerprint density at radius 2 is 1.75 bits per heavy atom. The molecule has 0 fully saturated rings. The van der Waals surface area contributed by atoms with E-state index in [4.69, 9.17) is 8.85 Å². The van der Waals surface area contributed by atoms with Crippen molar-refractivity contribution >= 4 is 14.5 Å². The number of hydrogen-bond acceptors (Lipinski definition) is 3. The van der Waals surface area contributed by atoms with Crippen LogP contribution in [0.25, 0.3) is 0 Å². The van der Waals surface area contributed by atoms with Gasteiger partial charge in [0.15, 0.2) is 0 Å². The Morgan fingerprint density at radius 3 is 2.25 bits per heavy atom. The summed E-state index contributed by atoms with van der Waals surface area (Å²) in [7, 11) is 1.67. The highest BCUT2D eigenvalue weighted by Gasteiger charge is 2.18. The van der Waals surface area contributed by atoms with E-state index in [1.54, 1.807) is 32.4 Å². The first-order chi connectivity index (χ1) is 5.79. The molecule has 0 bridgehead atoms. The largest absolute Gasteiger partial charge is 0.508 e. The van der Waals surface area contributed by atoms with Crippen LogP contribution in [0.1, 0.15) is 0 Å². The minimum atomic E-state index is -1.48. The minimum Gasteiger partial charge on any atom is -0.508 e. The molecule has 0 saturated heterocycles. The van der Waals surface area contributed by atoms with Crippen LogP contribution in [-0.4, -0.2) is 28.6 Å². The standard InChI is InChI=1S/C8H11O3Si/c1-10-12(11-2)8-6-4-3-5-7(8)9/h3-6,9H,1-2H3. The van der Waals surface area contributed by atoms with Crippen molar-refractivity contribution in [3.05, 3.63) is 24.3 Å². The Bertz CT molecular complexity index is 248. The third kappa shape index (κ3) is 1.85. The molecule has 4 heteroatoms. The first-order valence-electron chi connectivity index (χ1n) is 3.53. The van der Waals surface area contributed by atoms with Crippen LogP contribution < -0.4 is 5.19 Å². The summed E-state index contributed by atoms with van der Waals surface area (Å²) in [4.78, 5) is 0. The van der Waals surface area contributed by atoms with Gasteiger partial charge in [-0.15, -0.1) is 0 Å². The first-order valence-corrected chi connectivity index (χ1v) is 4.84. The predicted molar refractivity (Wildman–Crippen MR) is 47.5 cm³/mol. The van der Waals surface area contributed by atoms with Gasteiger partial charge in [-0.3, -0.25) is 0 Å². The molecule has 1 radical (unpaired) electrons. The first kappa shape index (κ1) is 9.25. The second-order valence-electron chi connectivity index (χ2n) is 2.21. The Morgan fingerprint density at radius 1 is 1.17 bits per heavy atom. The molecule has 0 spiro atoms. The van der Waals surface area contributed by atoms with Gasteiger partial charge in [-0.25, -0.2) is 0 Å². The van der Waals surface area contributed by atoms with Gasteiger partial charge in [0, 0.05) is 19.4 Å². The molecule has 0 heterocycles. The highest BCUT2D eigenvalue weighted by atomic mass is 28.3. The molecule has 65 valence electrons. The summed E-state index contributed by atoms with van der Waals surface area (Å²) in [6.45, 7) is 0. The lowest BCUT2D eigenvalue weighted by Crippen LogP contribution is -2.34. The summed E-state index contributed by atoms with van der Waals surface area (Å²) in [5.74, 6) is 0.232. The SMILES string of the molecule is CO[Si](OC)c1ccccc1O. The van der Waals surface area contributed by atoms with Gasteiger partial charge in [-0.2, -0.15) is 0 Å². The number of rotatable bonds is 3. The lowest BCUT2D eigenvalue weighted by atomic mass is 10.3. The maximum Gasteiger partial charge on any atom is 0.426 e. The maximum atomic E-state index is 9.41. The molecular formula is C8H11O3Si. The smallest absolute Gasteiger partial charge is 0.426 e. The molecule has 1 rings (SSSR count). The van der Waals surface area contributed by atoms with Crippen LogP contribution in [0.3, 0.4) is 0 Å². The topological polar surface area (TPSA) is 38.7 Å². The molecule has 3 nitrogen and oxygen atoms in total. The van der Waals surface area contributed by atoms with E-state index < -0.39 is 9.28 Å². The summed E-state index contributed by atoms with van der Waals surface area (Å²) < 4.78 is 10.2. The van der Waals surface area contributed by atoms with Gasteiger partial charge in [0.2, 0.25) is 0 Å². The van der Waals surface area contributed by atoms with Crippen LogP contribution in [0.4, 0.5) is 0 Å². The van der Waals surface area contributed by atoms with E-state index in [9.17, 15) is 5.11 Å². The van der Waals surface area contributed by atoms with Crippen molar-refractivity contribution in [2.24, 2.45) is 0 Å². The van der Waals surface area contributed by atoms with Gasteiger partial charge < -0.3 is 14.0 Å². The normalized spacial score (nSPS) is 10.6. The highest BCUT2D eigenvalue weighted by Crippen LogP contribution is 2.05. The second-order valence-corrected chi connectivity index (χ2v) is 4.14. The third-order valence-corrected chi connectivity index (χ3v) is 3.10. The second kappa shape index (κ2) is 4.25. The summed E-state index contributed by atoms with van der Waals surface area (Å²) in [5, 5.41) is 10.2. The van der Waals surface area contributed by atoms with Crippen LogP contribution in [-0.2, 0) is 8.85 Å². The zero-order valence-corrected chi connectivity index (χ0v) is 8.07. The number of benzene rings is 1. The van der Waals surface area contributed by atoms with Crippen molar-refractivity contribution in [2.45, 2.75) is 0 Å². The highest BCUT2D eigenvalue weighted by molar-refractivity contribution is 6.62. The summed E-state index contributed by atoms with van der Waals surface area (Å²) in [5.41, 5.74) is 0. The number of para-hydroxylation sites is 1. The molecule has 0 aliphatic heterocycles. The van der Waals surface area contributed by atoms with Gasteiger partial charge in [0.1, 0.15) is 5.75 Å². The van der Waals surface area contributed by atoms with Crippen LogP contribution >= 0.6 is 0 Å². The van der Waals surface area contributed by atoms with Crippen molar-refractivity contribution in [1.29, 1.82) is 0 Å². The molecule has 0 aliphatic rings. The molecule has 0 unspecified atom stereocenters. The Hall–Kier alpha value is -0.843. The van der Waals surface area contributed by atoms with Crippen molar-refractivity contribution in [3.8, 4) is 5.75 Å². The average Bonchev–Trinajstić information content (AvgIpc) is 2.10. The van der Waals surface area contributed by atoms with E-state index in [2.05, 4.69) is 0 Å². The lowest BCUT2D eigenvalue weighted by Gasteiger charge is -2.10. The fraction of sp³-hybridized carbons (Fsp3) is 0.250. The molecule has 0 atom stereocenters. The summed E-state index contributed by atoms with van der Waals surface area (Å²) >= 11 is 0. The summed E-state index contributed by atoms with van der Waals surface area (Å²) in [6.07, 6.45) is 0. The van der Waals surface area contributed by atoms with E-state index in [0.717, 1.165) is 5.19 Å². The Kier molecular flexibility index (Phi) is 3.27. The van der Waals surface area contributed by atoms with Crippen LogP contribution in [0, 0.1) is 0 Å². The molecule has 0 saturated carbocycles. The van der Waals surface area contributed by atoms with Gasteiger partial charge in [0.25, 0.3) is 0 Å². The van der Waals surface area contributed by atoms with Gasteiger partial charge in [0.05, 0.1) is 0 Å². The van der Waals surface area contributed by atoms with Gasteiger partial charge >= 0.3 is 9.28 Å². The van der Waals surface area contributed by atoms with E-state index in [1.165, 1.54) is 0 Å². The zero-order valence-electron chi connectivity index (χ0n) is 7.07. The Labute approximate surface area is 73.4 Å². The molecule has 0 amide bonds. The van der Waals surface area contributed by atoms with Crippen molar-refractivity contribution in [2.75, 3.05) is 14.2 Å². The number of phenols is 1. The van der Waals surface area contributed by atoms with Crippen LogP contribution in [0.5, 0.6) is 5.75 Å². The average molecular weight is 183 g/mol. The van der Waals surface area contributed by atoms with Crippen LogP contribution in [0.15, 0.2) is 24.3 Å². The quantitative estimate of drug-likeness (QED) is 0.689. The lowest BCUT2D eigenvalue weighted by molar-refractivity contribution is 0.290. The number of aromatic hydroxyl groups is 1. The zero-order chi connectivity index (χ0) is 8.97. The van der Waals surface area contributed by atoms with Gasteiger partial charge in [-0.1, -0.05) is 18.2 Å². The van der Waals surface area contributed by atoms with Crippen molar-refractivity contribution in [1.82, 2.24) is 0 Å². The Balaban J connectivity index is 2.92. The van der Waals surface area contributed by atoms with E-state index in [1.807, 2.05) is 6.07 Å². The maximum absolute atomic E-state index is 9.41. The van der Waals surface area contributed by atoms with Crippen molar-refractivity contribution in [3.63, 3.8) is 0 Å². The van der Waals surface area contributed by atoms with E-state index in [0.29, 0.717) is 0 Å².